The van der Waals surface area contributed by atoms with E-state index in [2.05, 4.69) is 15.4 Å². The molecule has 7 heteroatoms. The molecule has 7 nitrogen and oxygen atoms in total. The number of furan rings is 1. The molecule has 3 aromatic rings. The van der Waals surface area contributed by atoms with Gasteiger partial charge in [-0.1, -0.05) is 18.2 Å². The first-order valence-electron chi connectivity index (χ1n) is 7.77. The molecule has 1 aliphatic rings. The van der Waals surface area contributed by atoms with Gasteiger partial charge in [0.1, 0.15) is 11.6 Å². The van der Waals surface area contributed by atoms with E-state index >= 15 is 0 Å². The van der Waals surface area contributed by atoms with Crippen molar-refractivity contribution >= 4 is 11.9 Å². The number of aromatic hydroxyl groups is 1. The Hall–Kier alpha value is -3.09. The summed E-state index contributed by atoms with van der Waals surface area (Å²) >= 11 is 0. The predicted octanol–water partition coefficient (Wildman–Crippen LogP) is 2.56. The first kappa shape index (κ1) is 14.5. The Labute approximate surface area is 137 Å². The van der Waals surface area contributed by atoms with Gasteiger partial charge in [-0.05, 0) is 30.2 Å². The van der Waals surface area contributed by atoms with E-state index in [9.17, 15) is 9.90 Å². The second kappa shape index (κ2) is 5.84. The first-order chi connectivity index (χ1) is 11.7. The van der Waals surface area contributed by atoms with Crippen LogP contribution in [0.5, 0.6) is 5.75 Å². The van der Waals surface area contributed by atoms with Crippen LogP contribution in [0.25, 0.3) is 0 Å². The number of aromatic nitrogens is 3. The van der Waals surface area contributed by atoms with E-state index in [0.717, 1.165) is 24.2 Å². The van der Waals surface area contributed by atoms with Gasteiger partial charge >= 0.3 is 0 Å². The van der Waals surface area contributed by atoms with Gasteiger partial charge in [0.15, 0.2) is 5.76 Å². The van der Waals surface area contributed by atoms with Crippen molar-refractivity contribution in [1.82, 2.24) is 14.8 Å². The Balaban J connectivity index is 1.52. The molecule has 0 fully saturated rings. The van der Waals surface area contributed by atoms with Crippen LogP contribution < -0.4 is 5.32 Å². The molecule has 1 unspecified atom stereocenters. The van der Waals surface area contributed by atoms with Gasteiger partial charge in [0.2, 0.25) is 5.95 Å². The normalized spacial score (nSPS) is 16.6. The quantitative estimate of drug-likeness (QED) is 0.772. The number of hydrogen-bond acceptors (Lipinski definition) is 5. The molecule has 0 saturated heterocycles. The van der Waals surface area contributed by atoms with Crippen molar-refractivity contribution in [2.45, 2.75) is 25.3 Å². The van der Waals surface area contributed by atoms with Crippen LogP contribution >= 0.6 is 0 Å². The van der Waals surface area contributed by atoms with Crippen LogP contribution in [0.1, 0.15) is 34.3 Å². The minimum atomic E-state index is -0.375. The van der Waals surface area contributed by atoms with E-state index in [-0.39, 0.29) is 23.5 Å². The largest absolute Gasteiger partial charge is 0.508 e. The zero-order valence-corrected chi connectivity index (χ0v) is 12.8. The number of hydrogen-bond donors (Lipinski definition) is 2. The maximum atomic E-state index is 12.0. The predicted molar refractivity (Wildman–Crippen MR) is 85.9 cm³/mol. The van der Waals surface area contributed by atoms with Gasteiger partial charge in [-0.15, -0.1) is 5.10 Å². The summed E-state index contributed by atoms with van der Waals surface area (Å²) in [5.74, 6) is 1.42. The van der Waals surface area contributed by atoms with Gasteiger partial charge in [0.25, 0.3) is 5.91 Å². The van der Waals surface area contributed by atoms with Crippen molar-refractivity contribution in [1.29, 1.82) is 0 Å². The maximum Gasteiger partial charge on any atom is 0.293 e. The number of rotatable bonds is 3. The number of fused-ring (bicyclic) bond motifs is 1. The van der Waals surface area contributed by atoms with Gasteiger partial charge in [-0.25, -0.2) is 4.68 Å². The van der Waals surface area contributed by atoms with Crippen molar-refractivity contribution in [2.24, 2.45) is 0 Å². The molecule has 3 heterocycles. The Kier molecular flexibility index (Phi) is 3.53. The zero-order valence-electron chi connectivity index (χ0n) is 12.8. The molecule has 0 aliphatic carbocycles. The summed E-state index contributed by atoms with van der Waals surface area (Å²) in [6.07, 6.45) is 3.06. The lowest BCUT2D eigenvalue weighted by atomic mass is 9.91. The molecule has 4 rings (SSSR count). The molecule has 24 heavy (non-hydrogen) atoms. The topological polar surface area (TPSA) is 93.2 Å². The summed E-state index contributed by atoms with van der Waals surface area (Å²) < 4.78 is 6.85. The highest BCUT2D eigenvalue weighted by Crippen LogP contribution is 2.33. The number of carbonyl (C=O) groups excluding carboxylic acids is 1. The minimum absolute atomic E-state index is 0.175. The lowest BCUT2D eigenvalue weighted by Crippen LogP contribution is -2.20. The Bertz CT molecular complexity index is 870. The number of para-hydroxylation sites is 1. The lowest BCUT2D eigenvalue weighted by molar-refractivity contribution is 0.0996. The SMILES string of the molecule is O=C(Nc1nc2n(n1)CC(c1ccccc1O)CC2)c1ccco1. The molecule has 2 N–H and O–H groups in total. The van der Waals surface area contributed by atoms with Crippen LogP contribution in [0.15, 0.2) is 47.1 Å². The number of aryl methyl sites for hydroxylation is 1. The highest BCUT2D eigenvalue weighted by atomic mass is 16.3. The zero-order chi connectivity index (χ0) is 16.5. The lowest BCUT2D eigenvalue weighted by Gasteiger charge is -2.23. The maximum absolute atomic E-state index is 12.0. The van der Waals surface area contributed by atoms with Crippen molar-refractivity contribution < 1.29 is 14.3 Å². The molecule has 1 aromatic carbocycles. The standard InChI is InChI=1S/C17H16N4O3/c22-13-5-2-1-4-12(13)11-7-8-15-18-17(20-21(15)10-11)19-16(23)14-6-3-9-24-14/h1-6,9,11,22H,7-8,10H2,(H,19,20,23). The second-order valence-electron chi connectivity index (χ2n) is 5.76. The fourth-order valence-electron chi connectivity index (χ4n) is 3.02. The Morgan fingerprint density at radius 2 is 2.17 bits per heavy atom. The highest BCUT2D eigenvalue weighted by Gasteiger charge is 2.25. The molecule has 0 saturated carbocycles. The summed E-state index contributed by atoms with van der Waals surface area (Å²) in [6.45, 7) is 0.622. The van der Waals surface area contributed by atoms with Crippen molar-refractivity contribution in [2.75, 3.05) is 5.32 Å². The van der Waals surface area contributed by atoms with Gasteiger partial charge in [0, 0.05) is 12.3 Å². The van der Waals surface area contributed by atoms with Crippen molar-refractivity contribution in [3.8, 4) is 5.75 Å². The van der Waals surface area contributed by atoms with E-state index in [1.165, 1.54) is 6.26 Å². The second-order valence-corrected chi connectivity index (χ2v) is 5.76. The monoisotopic (exact) mass is 324 g/mol. The van der Waals surface area contributed by atoms with Crippen LogP contribution in [-0.2, 0) is 13.0 Å². The number of benzene rings is 1. The fraction of sp³-hybridized carbons (Fsp3) is 0.235. The highest BCUT2D eigenvalue weighted by molar-refractivity contribution is 6.01. The average Bonchev–Trinajstić information content (AvgIpc) is 3.24. The van der Waals surface area contributed by atoms with E-state index in [4.69, 9.17) is 4.42 Å². The molecule has 2 aromatic heterocycles. The molecular formula is C17H16N4O3. The molecule has 122 valence electrons. The number of anilines is 1. The number of phenols is 1. The van der Waals surface area contributed by atoms with E-state index in [1.54, 1.807) is 22.9 Å². The summed E-state index contributed by atoms with van der Waals surface area (Å²) in [7, 11) is 0. The van der Waals surface area contributed by atoms with Crippen LogP contribution in [0.2, 0.25) is 0 Å². The molecule has 0 spiro atoms. The van der Waals surface area contributed by atoms with Crippen LogP contribution in [0.4, 0.5) is 5.95 Å². The number of nitrogens with one attached hydrogen (secondary N) is 1. The molecule has 0 bridgehead atoms. The van der Waals surface area contributed by atoms with E-state index < -0.39 is 0 Å². The summed E-state index contributed by atoms with van der Waals surface area (Å²) in [6, 6.07) is 10.6. The first-order valence-corrected chi connectivity index (χ1v) is 7.77. The summed E-state index contributed by atoms with van der Waals surface area (Å²) in [5, 5.41) is 17.0. The Morgan fingerprint density at radius 1 is 1.29 bits per heavy atom. The number of amides is 1. The van der Waals surface area contributed by atoms with Gasteiger partial charge in [-0.3, -0.25) is 10.1 Å². The number of phenolic OH excluding ortho intramolecular Hbond substituents is 1. The van der Waals surface area contributed by atoms with Crippen molar-refractivity contribution in [3.63, 3.8) is 0 Å². The third-order valence-electron chi connectivity index (χ3n) is 4.20. The van der Waals surface area contributed by atoms with E-state index in [1.807, 2.05) is 18.2 Å². The fourth-order valence-corrected chi connectivity index (χ4v) is 3.02. The summed E-state index contributed by atoms with van der Waals surface area (Å²) in [5.41, 5.74) is 0.917. The van der Waals surface area contributed by atoms with Gasteiger partial charge in [-0.2, -0.15) is 4.98 Å². The minimum Gasteiger partial charge on any atom is -0.508 e. The van der Waals surface area contributed by atoms with Gasteiger partial charge in [0.05, 0.1) is 12.8 Å². The van der Waals surface area contributed by atoms with Crippen LogP contribution in [0, 0.1) is 0 Å². The molecule has 1 amide bonds. The molecule has 1 aliphatic heterocycles. The van der Waals surface area contributed by atoms with Crippen LogP contribution in [-0.4, -0.2) is 25.8 Å². The summed E-state index contributed by atoms with van der Waals surface area (Å²) in [4.78, 5) is 16.4. The van der Waals surface area contributed by atoms with Crippen LogP contribution in [0.3, 0.4) is 0 Å². The molecule has 0 radical (unpaired) electrons. The smallest absolute Gasteiger partial charge is 0.293 e. The number of nitrogens with zero attached hydrogens (tertiary/aromatic N) is 3. The third kappa shape index (κ3) is 2.64. The Morgan fingerprint density at radius 3 is 2.96 bits per heavy atom. The number of carbonyl (C=O) groups is 1. The van der Waals surface area contributed by atoms with Crippen molar-refractivity contribution in [3.05, 3.63) is 59.8 Å². The van der Waals surface area contributed by atoms with Gasteiger partial charge < -0.3 is 9.52 Å². The molecule has 1 atom stereocenters. The third-order valence-corrected chi connectivity index (χ3v) is 4.20. The van der Waals surface area contributed by atoms with E-state index in [0.29, 0.717) is 12.3 Å². The molecular weight excluding hydrogens is 308 g/mol. The average molecular weight is 324 g/mol.